The summed E-state index contributed by atoms with van der Waals surface area (Å²) in [5, 5.41) is 0. The first kappa shape index (κ1) is 24.1. The van der Waals surface area contributed by atoms with Crippen molar-refractivity contribution in [2.75, 3.05) is 0 Å². The summed E-state index contributed by atoms with van der Waals surface area (Å²) >= 11 is 0. The minimum atomic E-state index is -4.64. The van der Waals surface area contributed by atoms with Crippen molar-refractivity contribution in [3.05, 3.63) is 29.3 Å². The van der Waals surface area contributed by atoms with E-state index < -0.39 is 39.2 Å². The Morgan fingerprint density at radius 3 is 1.39 bits per heavy atom. The van der Waals surface area contributed by atoms with Crippen molar-refractivity contribution in [3.63, 3.8) is 0 Å². The molecule has 0 aliphatic carbocycles. The van der Waals surface area contributed by atoms with Gasteiger partial charge in [0.25, 0.3) is 10.1 Å². The summed E-state index contributed by atoms with van der Waals surface area (Å²) in [6.07, 6.45) is -0.934. The van der Waals surface area contributed by atoms with Crippen LogP contribution in [0.15, 0.2) is 23.1 Å². The third-order valence-electron chi connectivity index (χ3n) is 4.68. The Labute approximate surface area is 167 Å². The summed E-state index contributed by atoms with van der Waals surface area (Å²) in [5.41, 5.74) is -0.997. The van der Waals surface area contributed by atoms with Crippen LogP contribution < -0.4 is 0 Å². The summed E-state index contributed by atoms with van der Waals surface area (Å²) in [6, 6.07) is 3.14. The minimum Gasteiger partial charge on any atom is -0.459 e. The fourth-order valence-corrected chi connectivity index (χ4v) is 2.35. The van der Waals surface area contributed by atoms with E-state index in [-0.39, 0.29) is 22.0 Å². The molecule has 0 aliphatic heterocycles. The fraction of sp³-hybridized carbons (Fsp3) is 0.600. The number of esters is 2. The van der Waals surface area contributed by atoms with E-state index >= 15 is 0 Å². The fourth-order valence-electron chi connectivity index (χ4n) is 1.79. The van der Waals surface area contributed by atoms with Crippen LogP contribution in [0.1, 0.15) is 76.1 Å². The molecule has 8 heteroatoms. The van der Waals surface area contributed by atoms with Crippen molar-refractivity contribution < 1.29 is 32.0 Å². The molecule has 7 nitrogen and oxygen atoms in total. The molecule has 1 aromatic carbocycles. The second-order valence-electron chi connectivity index (χ2n) is 9.05. The third-order valence-corrected chi connectivity index (χ3v) is 5.51. The highest BCUT2D eigenvalue weighted by Crippen LogP contribution is 2.26. The summed E-state index contributed by atoms with van der Waals surface area (Å²) < 4.78 is 43.3. The first-order valence-corrected chi connectivity index (χ1v) is 10.4. The van der Waals surface area contributed by atoms with Crippen molar-refractivity contribution in [2.45, 2.75) is 72.5 Å². The van der Waals surface area contributed by atoms with E-state index in [1.54, 1.807) is 13.8 Å². The zero-order valence-corrected chi connectivity index (χ0v) is 18.5. The lowest BCUT2D eigenvalue weighted by molar-refractivity contribution is 0.00434. The Bertz CT molecular complexity index is 790. The van der Waals surface area contributed by atoms with Gasteiger partial charge in [0.05, 0.1) is 16.0 Å². The van der Waals surface area contributed by atoms with E-state index in [0.29, 0.717) is 0 Å². The quantitative estimate of drug-likeness (QED) is 0.570. The molecule has 0 radical (unpaired) electrons. The first-order chi connectivity index (χ1) is 12.4. The summed E-state index contributed by atoms with van der Waals surface area (Å²) in [7, 11) is -4.64. The van der Waals surface area contributed by atoms with Crippen LogP contribution in [0.4, 0.5) is 0 Å². The molecule has 0 heterocycles. The predicted molar refractivity (Wildman–Crippen MR) is 105 cm³/mol. The van der Waals surface area contributed by atoms with Gasteiger partial charge in [-0.25, -0.2) is 9.59 Å². The Balaban J connectivity index is 3.31. The van der Waals surface area contributed by atoms with Crippen LogP contribution in [-0.2, 0) is 19.6 Å². The largest absolute Gasteiger partial charge is 0.459 e. The number of rotatable bonds is 5. The van der Waals surface area contributed by atoms with Crippen LogP contribution in [0.5, 0.6) is 0 Å². The number of benzene rings is 1. The molecule has 0 fully saturated rings. The third kappa shape index (κ3) is 6.60. The summed E-state index contributed by atoms with van der Waals surface area (Å²) in [5.74, 6) is -1.60. The standard InChI is InChI=1S/C20H30O7S/c1-12(19(3,4)5)26-17(21)14-9-15(11-16(10-14)28(23,24)25)18(22)27-13(2)20(6,7)8/h9-13H,1-8H3,(H,23,24,25). The van der Waals surface area contributed by atoms with Gasteiger partial charge in [-0.15, -0.1) is 0 Å². The zero-order valence-electron chi connectivity index (χ0n) is 17.7. The molecule has 1 N–H and O–H groups in total. The van der Waals surface area contributed by atoms with E-state index in [9.17, 15) is 22.6 Å². The molecule has 1 aromatic rings. The number of hydrogen-bond donors (Lipinski definition) is 1. The maximum atomic E-state index is 12.5. The van der Waals surface area contributed by atoms with Crippen molar-refractivity contribution >= 4 is 22.1 Å². The molecule has 1 rings (SSSR count). The SMILES string of the molecule is CC(OC(=O)c1cc(C(=O)OC(C)C(C)(C)C)cc(S(=O)(=O)O)c1)C(C)(C)C. The zero-order chi connectivity index (χ0) is 22.1. The van der Waals surface area contributed by atoms with Gasteiger partial charge in [-0.1, -0.05) is 41.5 Å². The molecule has 2 unspecified atom stereocenters. The van der Waals surface area contributed by atoms with Gasteiger partial charge in [0.1, 0.15) is 12.2 Å². The number of hydrogen-bond acceptors (Lipinski definition) is 6. The topological polar surface area (TPSA) is 107 Å². The van der Waals surface area contributed by atoms with Crippen LogP contribution >= 0.6 is 0 Å². The van der Waals surface area contributed by atoms with Gasteiger partial charge in [0.2, 0.25) is 0 Å². The average Bonchev–Trinajstić information content (AvgIpc) is 2.51. The lowest BCUT2D eigenvalue weighted by atomic mass is 9.90. The lowest BCUT2D eigenvalue weighted by Crippen LogP contribution is -2.29. The molecule has 28 heavy (non-hydrogen) atoms. The van der Waals surface area contributed by atoms with E-state index in [1.807, 2.05) is 41.5 Å². The van der Waals surface area contributed by atoms with Crippen molar-refractivity contribution in [2.24, 2.45) is 10.8 Å². The number of carbonyl (C=O) groups is 2. The normalized spacial score (nSPS) is 14.9. The average molecular weight is 415 g/mol. The van der Waals surface area contributed by atoms with Crippen LogP contribution in [0.3, 0.4) is 0 Å². The van der Waals surface area contributed by atoms with Gasteiger partial charge in [0.15, 0.2) is 0 Å². The van der Waals surface area contributed by atoms with Gasteiger partial charge >= 0.3 is 11.9 Å². The highest BCUT2D eigenvalue weighted by molar-refractivity contribution is 7.85. The molecule has 0 saturated carbocycles. The predicted octanol–water partition coefficient (Wildman–Crippen LogP) is 4.12. The molecule has 0 aliphatic rings. The molecule has 2 atom stereocenters. The molecule has 0 bridgehead atoms. The van der Waals surface area contributed by atoms with Crippen LogP contribution in [0, 0.1) is 10.8 Å². The van der Waals surface area contributed by atoms with Gasteiger partial charge in [0, 0.05) is 0 Å². The van der Waals surface area contributed by atoms with Crippen LogP contribution in [-0.4, -0.2) is 37.1 Å². The monoisotopic (exact) mass is 414 g/mol. The summed E-state index contributed by atoms with van der Waals surface area (Å²) in [6.45, 7) is 14.7. The van der Waals surface area contributed by atoms with Crippen molar-refractivity contribution in [1.82, 2.24) is 0 Å². The first-order valence-electron chi connectivity index (χ1n) is 8.97. The second-order valence-corrected chi connectivity index (χ2v) is 10.5. The summed E-state index contributed by atoms with van der Waals surface area (Å²) in [4.78, 5) is 24.4. The molecule has 0 spiro atoms. The van der Waals surface area contributed by atoms with Gasteiger partial charge in [-0.3, -0.25) is 4.55 Å². The Morgan fingerprint density at radius 1 is 0.821 bits per heavy atom. The highest BCUT2D eigenvalue weighted by Gasteiger charge is 2.28. The van der Waals surface area contributed by atoms with Gasteiger partial charge in [-0.05, 0) is 42.9 Å². The number of carbonyl (C=O) groups excluding carboxylic acids is 2. The Kier molecular flexibility index (Phi) is 7.07. The van der Waals surface area contributed by atoms with Gasteiger partial charge in [-0.2, -0.15) is 8.42 Å². The van der Waals surface area contributed by atoms with E-state index in [1.165, 1.54) is 6.07 Å². The highest BCUT2D eigenvalue weighted by atomic mass is 32.2. The number of ether oxygens (including phenoxy) is 2. The van der Waals surface area contributed by atoms with E-state index in [2.05, 4.69) is 0 Å². The molecule has 0 amide bonds. The lowest BCUT2D eigenvalue weighted by Gasteiger charge is -2.27. The van der Waals surface area contributed by atoms with Gasteiger partial charge < -0.3 is 9.47 Å². The molecule has 158 valence electrons. The molecular weight excluding hydrogens is 384 g/mol. The van der Waals surface area contributed by atoms with Crippen molar-refractivity contribution in [1.29, 1.82) is 0 Å². The molecule has 0 saturated heterocycles. The smallest absolute Gasteiger partial charge is 0.338 e. The van der Waals surface area contributed by atoms with Crippen molar-refractivity contribution in [3.8, 4) is 0 Å². The van der Waals surface area contributed by atoms with Crippen LogP contribution in [0.2, 0.25) is 0 Å². The van der Waals surface area contributed by atoms with E-state index in [0.717, 1.165) is 12.1 Å². The maximum Gasteiger partial charge on any atom is 0.338 e. The minimum absolute atomic E-state index is 0.165. The second kappa shape index (κ2) is 8.21. The van der Waals surface area contributed by atoms with E-state index in [4.69, 9.17) is 9.47 Å². The van der Waals surface area contributed by atoms with Crippen LogP contribution in [0.25, 0.3) is 0 Å². The molecule has 0 aromatic heterocycles. The Hall–Kier alpha value is -1.93. The Morgan fingerprint density at radius 2 is 1.14 bits per heavy atom. The maximum absolute atomic E-state index is 12.5. The molecular formula is C20H30O7S.